The van der Waals surface area contributed by atoms with E-state index in [-0.39, 0.29) is 12.3 Å². The van der Waals surface area contributed by atoms with E-state index in [1.54, 1.807) is 0 Å². The van der Waals surface area contributed by atoms with Crippen molar-refractivity contribution in [2.45, 2.75) is 13.5 Å². The summed E-state index contributed by atoms with van der Waals surface area (Å²) in [5, 5.41) is 13.3. The molecule has 0 aliphatic heterocycles. The molecule has 2 rings (SSSR count). The quantitative estimate of drug-likeness (QED) is 0.829. The average molecular weight is 317 g/mol. The molecule has 2 N–H and O–H groups in total. The first-order valence-corrected chi connectivity index (χ1v) is 7.41. The van der Waals surface area contributed by atoms with Crippen molar-refractivity contribution < 1.29 is 19.4 Å². The van der Waals surface area contributed by atoms with Gasteiger partial charge in [0.1, 0.15) is 12.3 Å². The standard InChI is InChI=1S/C16H15NO4S/c1-11-7-8-22-14(11)9-13(15(18)19)17-16(20)21-10-12-5-3-2-4-6-12/h2-9H,10H2,1H3,(H,17,20)(H,18,19). The predicted molar refractivity (Wildman–Crippen MR) is 84.4 cm³/mol. The molecule has 1 heterocycles. The number of ether oxygens (including phenoxy) is 1. The molecular formula is C16H15NO4S. The molecule has 0 saturated heterocycles. The summed E-state index contributed by atoms with van der Waals surface area (Å²) in [4.78, 5) is 23.7. The summed E-state index contributed by atoms with van der Waals surface area (Å²) in [6.07, 6.45) is 0.623. The minimum Gasteiger partial charge on any atom is -0.477 e. The fourth-order valence-electron chi connectivity index (χ4n) is 1.68. The first-order chi connectivity index (χ1) is 10.6. The Hall–Kier alpha value is -2.60. The van der Waals surface area contributed by atoms with Crippen LogP contribution in [-0.2, 0) is 16.1 Å². The van der Waals surface area contributed by atoms with Crippen LogP contribution < -0.4 is 5.32 Å². The van der Waals surface area contributed by atoms with Crippen LogP contribution in [0.25, 0.3) is 6.08 Å². The van der Waals surface area contributed by atoms with Crippen molar-refractivity contribution in [3.05, 3.63) is 63.5 Å². The van der Waals surface area contributed by atoms with Crippen molar-refractivity contribution in [2.24, 2.45) is 0 Å². The van der Waals surface area contributed by atoms with Crippen LogP contribution in [0.3, 0.4) is 0 Å². The summed E-state index contributed by atoms with van der Waals surface area (Å²) in [6.45, 7) is 1.95. The smallest absolute Gasteiger partial charge is 0.412 e. The van der Waals surface area contributed by atoms with Crippen LogP contribution in [0.15, 0.2) is 47.5 Å². The molecule has 22 heavy (non-hydrogen) atoms. The number of carboxylic acid groups (broad SMARTS) is 1. The van der Waals surface area contributed by atoms with E-state index >= 15 is 0 Å². The number of hydrogen-bond acceptors (Lipinski definition) is 4. The van der Waals surface area contributed by atoms with E-state index in [0.29, 0.717) is 0 Å². The highest BCUT2D eigenvalue weighted by atomic mass is 32.1. The third-order valence-corrected chi connectivity index (χ3v) is 3.82. The highest BCUT2D eigenvalue weighted by Crippen LogP contribution is 2.18. The lowest BCUT2D eigenvalue weighted by Crippen LogP contribution is -2.27. The van der Waals surface area contributed by atoms with E-state index in [4.69, 9.17) is 9.84 Å². The maximum absolute atomic E-state index is 11.7. The van der Waals surface area contributed by atoms with Crippen LogP contribution in [0.4, 0.5) is 4.79 Å². The molecule has 2 aromatic rings. The van der Waals surface area contributed by atoms with Crippen molar-refractivity contribution >= 4 is 29.5 Å². The van der Waals surface area contributed by atoms with Crippen LogP contribution in [-0.4, -0.2) is 17.2 Å². The van der Waals surface area contributed by atoms with E-state index in [1.807, 2.05) is 48.7 Å². The first kappa shape index (κ1) is 15.8. The zero-order valence-corrected chi connectivity index (χ0v) is 12.7. The molecule has 0 atom stereocenters. The van der Waals surface area contributed by atoms with E-state index in [1.165, 1.54) is 17.4 Å². The maximum atomic E-state index is 11.7. The van der Waals surface area contributed by atoms with Gasteiger partial charge in [0, 0.05) is 4.88 Å². The van der Waals surface area contributed by atoms with Gasteiger partial charge in [0.05, 0.1) is 0 Å². The van der Waals surface area contributed by atoms with Crippen LogP contribution in [0.2, 0.25) is 0 Å². The summed E-state index contributed by atoms with van der Waals surface area (Å²) < 4.78 is 5.01. The number of benzene rings is 1. The SMILES string of the molecule is Cc1ccsc1C=C(NC(=O)OCc1ccccc1)C(=O)O. The van der Waals surface area contributed by atoms with Crippen molar-refractivity contribution in [3.8, 4) is 0 Å². The largest absolute Gasteiger partial charge is 0.477 e. The molecule has 1 aromatic heterocycles. The zero-order chi connectivity index (χ0) is 15.9. The van der Waals surface area contributed by atoms with Crippen molar-refractivity contribution in [1.29, 1.82) is 0 Å². The summed E-state index contributed by atoms with van der Waals surface area (Å²) in [7, 11) is 0. The maximum Gasteiger partial charge on any atom is 0.412 e. The zero-order valence-electron chi connectivity index (χ0n) is 11.9. The molecule has 0 unspecified atom stereocenters. The van der Waals surface area contributed by atoms with Gasteiger partial charge in [-0.15, -0.1) is 11.3 Å². The van der Waals surface area contributed by atoms with Crippen molar-refractivity contribution in [3.63, 3.8) is 0 Å². The summed E-state index contributed by atoms with van der Waals surface area (Å²) in [5.41, 5.74) is 1.56. The Morgan fingerprint density at radius 2 is 2.00 bits per heavy atom. The Kier molecular flexibility index (Phi) is 5.32. The normalized spacial score (nSPS) is 11.0. The molecular weight excluding hydrogens is 302 g/mol. The number of aliphatic carboxylic acids is 1. The Balaban J connectivity index is 1.99. The third kappa shape index (κ3) is 4.46. The molecule has 6 heteroatoms. The molecule has 0 bridgehead atoms. The Morgan fingerprint density at radius 3 is 2.59 bits per heavy atom. The fraction of sp³-hybridized carbons (Fsp3) is 0.125. The molecule has 0 aliphatic rings. The number of carbonyl (C=O) groups excluding carboxylic acids is 1. The van der Waals surface area contributed by atoms with Gasteiger partial charge in [0.2, 0.25) is 0 Å². The van der Waals surface area contributed by atoms with E-state index in [2.05, 4.69) is 5.32 Å². The van der Waals surface area contributed by atoms with Crippen LogP contribution >= 0.6 is 11.3 Å². The number of carbonyl (C=O) groups is 2. The molecule has 5 nitrogen and oxygen atoms in total. The van der Waals surface area contributed by atoms with E-state index in [0.717, 1.165) is 16.0 Å². The molecule has 1 amide bonds. The van der Waals surface area contributed by atoms with Crippen molar-refractivity contribution in [2.75, 3.05) is 0 Å². The summed E-state index contributed by atoms with van der Waals surface area (Å²) >= 11 is 1.40. The Morgan fingerprint density at radius 1 is 1.27 bits per heavy atom. The van der Waals surface area contributed by atoms with Gasteiger partial charge >= 0.3 is 12.1 Å². The highest BCUT2D eigenvalue weighted by Gasteiger charge is 2.13. The second kappa shape index (κ2) is 7.42. The number of amides is 1. The van der Waals surface area contributed by atoms with Crippen LogP contribution in [0, 0.1) is 6.92 Å². The molecule has 1 aromatic carbocycles. The monoisotopic (exact) mass is 317 g/mol. The first-order valence-electron chi connectivity index (χ1n) is 6.53. The molecule has 0 aliphatic carbocycles. The van der Waals surface area contributed by atoms with E-state index < -0.39 is 12.1 Å². The van der Waals surface area contributed by atoms with Gasteiger partial charge in [-0.2, -0.15) is 0 Å². The summed E-state index contributed by atoms with van der Waals surface area (Å²) in [5.74, 6) is -1.22. The number of rotatable bonds is 5. The summed E-state index contributed by atoms with van der Waals surface area (Å²) in [6, 6.07) is 11.0. The highest BCUT2D eigenvalue weighted by molar-refractivity contribution is 7.11. The fourth-order valence-corrected chi connectivity index (χ4v) is 2.54. The minimum atomic E-state index is -1.22. The topological polar surface area (TPSA) is 75.6 Å². The number of hydrogen-bond donors (Lipinski definition) is 2. The molecule has 0 radical (unpaired) electrons. The van der Waals surface area contributed by atoms with Crippen molar-refractivity contribution in [1.82, 2.24) is 5.32 Å². The van der Waals surface area contributed by atoms with Crippen LogP contribution in [0.1, 0.15) is 16.0 Å². The van der Waals surface area contributed by atoms with E-state index in [9.17, 15) is 9.59 Å². The Labute approximate surface area is 131 Å². The van der Waals surface area contributed by atoms with Gasteiger partial charge < -0.3 is 9.84 Å². The average Bonchev–Trinajstić information content (AvgIpc) is 2.91. The molecule has 0 spiro atoms. The number of thiophene rings is 1. The minimum absolute atomic E-state index is 0.0810. The van der Waals surface area contributed by atoms with Gasteiger partial charge in [-0.1, -0.05) is 30.3 Å². The predicted octanol–water partition coefficient (Wildman–Crippen LogP) is 3.41. The van der Waals surface area contributed by atoms with Gasteiger partial charge in [0.25, 0.3) is 0 Å². The second-order valence-electron chi connectivity index (χ2n) is 4.52. The Bertz CT molecular complexity index is 691. The van der Waals surface area contributed by atoms with Gasteiger partial charge in [-0.05, 0) is 35.6 Å². The lowest BCUT2D eigenvalue weighted by atomic mass is 10.2. The molecule has 0 saturated carbocycles. The number of carboxylic acids is 1. The number of alkyl carbamates (subject to hydrolysis) is 1. The third-order valence-electron chi connectivity index (χ3n) is 2.86. The lowest BCUT2D eigenvalue weighted by molar-refractivity contribution is -0.132. The number of aryl methyl sites for hydroxylation is 1. The van der Waals surface area contributed by atoms with Gasteiger partial charge in [-0.25, -0.2) is 9.59 Å². The number of nitrogens with one attached hydrogen (secondary N) is 1. The van der Waals surface area contributed by atoms with Gasteiger partial charge in [-0.3, -0.25) is 5.32 Å². The second-order valence-corrected chi connectivity index (χ2v) is 5.47. The molecule has 0 fully saturated rings. The van der Waals surface area contributed by atoms with Crippen LogP contribution in [0.5, 0.6) is 0 Å². The van der Waals surface area contributed by atoms with Gasteiger partial charge in [0.15, 0.2) is 0 Å². The lowest BCUT2D eigenvalue weighted by Gasteiger charge is -2.07. The molecule has 114 valence electrons.